The van der Waals surface area contributed by atoms with Gasteiger partial charge in [0.1, 0.15) is 0 Å². The highest BCUT2D eigenvalue weighted by molar-refractivity contribution is 5.03. The molecule has 0 N–H and O–H groups in total. The van der Waals surface area contributed by atoms with Crippen molar-refractivity contribution in [3.63, 3.8) is 0 Å². The molecule has 1 saturated carbocycles. The van der Waals surface area contributed by atoms with Gasteiger partial charge in [-0.1, -0.05) is 44.8 Å². The van der Waals surface area contributed by atoms with Crippen LogP contribution in [-0.2, 0) is 4.74 Å². The van der Waals surface area contributed by atoms with E-state index in [0.717, 1.165) is 18.3 Å². The summed E-state index contributed by atoms with van der Waals surface area (Å²) in [4.78, 5) is 0. The second-order valence-electron chi connectivity index (χ2n) is 5.99. The van der Waals surface area contributed by atoms with Crippen molar-refractivity contribution in [3.05, 3.63) is 12.2 Å². The Morgan fingerprint density at radius 3 is 2.47 bits per heavy atom. The summed E-state index contributed by atoms with van der Waals surface area (Å²) in [6.45, 7) is 2.31. The molecule has 1 fully saturated rings. The molecule has 1 unspecified atom stereocenters. The average molecular weight is 236 g/mol. The van der Waals surface area contributed by atoms with Crippen LogP contribution in [0.1, 0.15) is 64.7 Å². The summed E-state index contributed by atoms with van der Waals surface area (Å²) in [6.07, 6.45) is 16.7. The van der Waals surface area contributed by atoms with Crippen molar-refractivity contribution < 1.29 is 4.74 Å². The van der Waals surface area contributed by atoms with Gasteiger partial charge in [-0.05, 0) is 43.9 Å². The molecule has 0 amide bonds. The zero-order valence-corrected chi connectivity index (χ0v) is 11.6. The highest BCUT2D eigenvalue weighted by atomic mass is 16.5. The first kappa shape index (κ1) is 13.1. The predicted octanol–water partition coefficient (Wildman–Crippen LogP) is 4.72. The first-order chi connectivity index (χ1) is 8.30. The fourth-order valence-electron chi connectivity index (χ4n) is 3.94. The van der Waals surface area contributed by atoms with E-state index in [0.29, 0.717) is 0 Å². The predicted molar refractivity (Wildman–Crippen MR) is 73.1 cm³/mol. The number of allylic oxidation sites excluding steroid dienone is 1. The van der Waals surface area contributed by atoms with Crippen LogP contribution >= 0.6 is 0 Å². The van der Waals surface area contributed by atoms with E-state index in [9.17, 15) is 0 Å². The van der Waals surface area contributed by atoms with Gasteiger partial charge >= 0.3 is 0 Å². The monoisotopic (exact) mass is 236 g/mol. The first-order valence-electron chi connectivity index (χ1n) is 7.51. The van der Waals surface area contributed by atoms with Crippen molar-refractivity contribution in [3.8, 4) is 0 Å². The van der Waals surface area contributed by atoms with Gasteiger partial charge in [0.2, 0.25) is 0 Å². The molecule has 0 bridgehead atoms. The van der Waals surface area contributed by atoms with Crippen LogP contribution in [0.2, 0.25) is 0 Å². The summed E-state index contributed by atoms with van der Waals surface area (Å²) in [7, 11) is 1.93. The van der Waals surface area contributed by atoms with Gasteiger partial charge in [-0.2, -0.15) is 0 Å². The SMILES string of the molecule is CCCC1CCC(C2(OC)CC=CCC2)CC1. The van der Waals surface area contributed by atoms with Crippen LogP contribution in [-0.4, -0.2) is 12.7 Å². The van der Waals surface area contributed by atoms with Gasteiger partial charge in [0, 0.05) is 7.11 Å². The van der Waals surface area contributed by atoms with Crippen LogP contribution < -0.4 is 0 Å². The van der Waals surface area contributed by atoms with Gasteiger partial charge in [-0.15, -0.1) is 0 Å². The molecule has 98 valence electrons. The van der Waals surface area contributed by atoms with Crippen molar-refractivity contribution in [2.45, 2.75) is 70.3 Å². The second-order valence-corrected chi connectivity index (χ2v) is 5.99. The van der Waals surface area contributed by atoms with E-state index in [1.165, 1.54) is 51.4 Å². The zero-order chi connectivity index (χ0) is 12.1. The van der Waals surface area contributed by atoms with Gasteiger partial charge in [0.25, 0.3) is 0 Å². The molecule has 0 radical (unpaired) electrons. The van der Waals surface area contributed by atoms with Crippen LogP contribution in [0.3, 0.4) is 0 Å². The lowest BCUT2D eigenvalue weighted by Gasteiger charge is -2.44. The lowest BCUT2D eigenvalue weighted by Crippen LogP contribution is -2.42. The number of methoxy groups -OCH3 is 1. The van der Waals surface area contributed by atoms with E-state index >= 15 is 0 Å². The number of hydrogen-bond donors (Lipinski definition) is 0. The average Bonchev–Trinajstić information content (AvgIpc) is 2.41. The molecule has 2 aliphatic rings. The Balaban J connectivity index is 1.92. The molecule has 0 aliphatic heterocycles. The zero-order valence-electron chi connectivity index (χ0n) is 11.6. The normalized spacial score (nSPS) is 38.2. The maximum absolute atomic E-state index is 5.96. The van der Waals surface area contributed by atoms with Crippen molar-refractivity contribution >= 4 is 0 Å². The van der Waals surface area contributed by atoms with Gasteiger partial charge in [-0.3, -0.25) is 0 Å². The maximum Gasteiger partial charge on any atom is 0.0743 e. The standard InChI is InChI=1S/C16H28O/c1-3-7-14-8-10-15(11-9-14)16(17-2)12-5-4-6-13-16/h4-5,14-15H,3,6-13H2,1-2H3. The van der Waals surface area contributed by atoms with Gasteiger partial charge in [0.15, 0.2) is 0 Å². The van der Waals surface area contributed by atoms with Crippen molar-refractivity contribution in [2.75, 3.05) is 7.11 Å². The maximum atomic E-state index is 5.96. The molecule has 0 heterocycles. The smallest absolute Gasteiger partial charge is 0.0743 e. The second kappa shape index (κ2) is 6.04. The Morgan fingerprint density at radius 2 is 1.94 bits per heavy atom. The molecular weight excluding hydrogens is 208 g/mol. The molecule has 1 atom stereocenters. The molecule has 0 spiro atoms. The highest BCUT2D eigenvalue weighted by Crippen LogP contribution is 2.44. The third kappa shape index (κ3) is 2.93. The van der Waals surface area contributed by atoms with Crippen LogP contribution in [0.5, 0.6) is 0 Å². The lowest BCUT2D eigenvalue weighted by molar-refractivity contribution is -0.0795. The van der Waals surface area contributed by atoms with Crippen LogP contribution in [0.25, 0.3) is 0 Å². The van der Waals surface area contributed by atoms with Crippen molar-refractivity contribution in [1.29, 1.82) is 0 Å². The van der Waals surface area contributed by atoms with E-state index in [2.05, 4.69) is 19.1 Å². The van der Waals surface area contributed by atoms with Crippen LogP contribution in [0.15, 0.2) is 12.2 Å². The number of hydrogen-bond acceptors (Lipinski definition) is 1. The minimum atomic E-state index is 0.186. The molecule has 1 nitrogen and oxygen atoms in total. The van der Waals surface area contributed by atoms with Crippen LogP contribution in [0.4, 0.5) is 0 Å². The summed E-state index contributed by atoms with van der Waals surface area (Å²) in [5, 5.41) is 0. The molecule has 0 aromatic heterocycles. The summed E-state index contributed by atoms with van der Waals surface area (Å²) < 4.78 is 5.96. The fourth-order valence-corrected chi connectivity index (χ4v) is 3.94. The van der Waals surface area contributed by atoms with Gasteiger partial charge in [-0.25, -0.2) is 0 Å². The molecule has 0 aromatic carbocycles. The first-order valence-corrected chi connectivity index (χ1v) is 7.51. The Hall–Kier alpha value is -0.300. The van der Waals surface area contributed by atoms with E-state index < -0.39 is 0 Å². The summed E-state index contributed by atoms with van der Waals surface area (Å²) >= 11 is 0. The van der Waals surface area contributed by atoms with E-state index in [1.807, 2.05) is 7.11 Å². The minimum absolute atomic E-state index is 0.186. The lowest BCUT2D eigenvalue weighted by atomic mass is 9.68. The third-order valence-corrected chi connectivity index (χ3v) is 5.06. The van der Waals surface area contributed by atoms with E-state index in [1.54, 1.807) is 0 Å². The third-order valence-electron chi connectivity index (χ3n) is 5.06. The number of rotatable bonds is 4. The minimum Gasteiger partial charge on any atom is -0.378 e. The Labute approximate surface area is 107 Å². The topological polar surface area (TPSA) is 9.23 Å². The molecule has 2 aliphatic carbocycles. The molecule has 2 rings (SSSR count). The quantitative estimate of drug-likeness (QED) is 0.642. The fraction of sp³-hybridized carbons (Fsp3) is 0.875. The van der Waals surface area contributed by atoms with Gasteiger partial charge in [0.05, 0.1) is 5.60 Å². The Morgan fingerprint density at radius 1 is 1.18 bits per heavy atom. The Kier molecular flexibility index (Phi) is 4.67. The van der Waals surface area contributed by atoms with E-state index in [-0.39, 0.29) is 5.60 Å². The summed E-state index contributed by atoms with van der Waals surface area (Å²) in [5.74, 6) is 1.81. The van der Waals surface area contributed by atoms with Crippen molar-refractivity contribution in [1.82, 2.24) is 0 Å². The molecule has 1 heteroatoms. The molecule has 17 heavy (non-hydrogen) atoms. The molecule has 0 saturated heterocycles. The van der Waals surface area contributed by atoms with Crippen molar-refractivity contribution in [2.24, 2.45) is 11.8 Å². The number of ether oxygens (including phenoxy) is 1. The summed E-state index contributed by atoms with van der Waals surface area (Å²) in [6, 6.07) is 0. The van der Waals surface area contributed by atoms with E-state index in [4.69, 9.17) is 4.74 Å². The Bertz CT molecular complexity index is 250. The van der Waals surface area contributed by atoms with Gasteiger partial charge < -0.3 is 4.74 Å². The largest absolute Gasteiger partial charge is 0.378 e. The van der Waals surface area contributed by atoms with Crippen LogP contribution in [0, 0.1) is 11.8 Å². The molecule has 0 aromatic rings. The highest BCUT2D eigenvalue weighted by Gasteiger charge is 2.40. The summed E-state index contributed by atoms with van der Waals surface area (Å²) in [5.41, 5.74) is 0.186. The molecular formula is C16H28O.